The molecule has 0 bridgehead atoms. The van der Waals surface area contributed by atoms with Crippen LogP contribution in [-0.4, -0.2) is 19.8 Å². The molecule has 0 aliphatic heterocycles. The molecular formula is C12H12Cl2N2O2S2. The number of benzene rings is 1. The third kappa shape index (κ3) is 2.94. The fourth-order valence-electron chi connectivity index (χ4n) is 1.62. The molecule has 1 heterocycles. The summed E-state index contributed by atoms with van der Waals surface area (Å²) in [7, 11) is -2.22. The van der Waals surface area contributed by atoms with E-state index in [0.29, 0.717) is 0 Å². The summed E-state index contributed by atoms with van der Waals surface area (Å²) < 4.78 is 26.2. The highest BCUT2D eigenvalue weighted by Crippen LogP contribution is 2.34. The maximum Gasteiger partial charge on any atom is 0.244 e. The van der Waals surface area contributed by atoms with Gasteiger partial charge in [0.15, 0.2) is 0 Å². The molecule has 2 aromatic rings. The number of anilines is 1. The summed E-state index contributed by atoms with van der Waals surface area (Å²) in [4.78, 5) is 0.897. The molecule has 0 saturated carbocycles. The number of hydrogen-bond acceptors (Lipinski definition) is 4. The summed E-state index contributed by atoms with van der Waals surface area (Å²) in [5.41, 5.74) is 5.74. The van der Waals surface area contributed by atoms with Gasteiger partial charge in [0.25, 0.3) is 0 Å². The molecule has 2 N–H and O–H groups in total. The summed E-state index contributed by atoms with van der Waals surface area (Å²) in [6.45, 7) is 0.277. The van der Waals surface area contributed by atoms with Crippen LogP contribution in [0.1, 0.15) is 4.88 Å². The monoisotopic (exact) mass is 350 g/mol. The van der Waals surface area contributed by atoms with Crippen molar-refractivity contribution in [3.63, 3.8) is 0 Å². The molecule has 0 aliphatic carbocycles. The fraction of sp³-hybridized carbons (Fsp3) is 0.167. The summed E-state index contributed by atoms with van der Waals surface area (Å²) in [5.74, 6) is 0. The molecule has 0 atom stereocenters. The minimum Gasteiger partial charge on any atom is -0.396 e. The van der Waals surface area contributed by atoms with Gasteiger partial charge in [0.2, 0.25) is 10.0 Å². The zero-order chi connectivity index (χ0) is 14.9. The van der Waals surface area contributed by atoms with Crippen LogP contribution in [0.4, 0.5) is 5.69 Å². The van der Waals surface area contributed by atoms with Crippen molar-refractivity contribution in [2.75, 3.05) is 12.8 Å². The highest BCUT2D eigenvalue weighted by atomic mass is 35.5. The van der Waals surface area contributed by atoms with E-state index in [0.717, 1.165) is 4.88 Å². The number of hydrogen-bond donors (Lipinski definition) is 1. The lowest BCUT2D eigenvalue weighted by Crippen LogP contribution is -2.26. The number of thiophene rings is 1. The van der Waals surface area contributed by atoms with Gasteiger partial charge in [-0.3, -0.25) is 0 Å². The molecular weight excluding hydrogens is 339 g/mol. The van der Waals surface area contributed by atoms with Crippen LogP contribution >= 0.6 is 34.5 Å². The second-order valence-corrected chi connectivity index (χ2v) is 7.94. The Bertz CT molecular complexity index is 715. The number of nitrogens with two attached hydrogens (primary N) is 1. The van der Waals surface area contributed by atoms with Crippen molar-refractivity contribution < 1.29 is 8.42 Å². The number of nitrogens with zero attached hydrogens (tertiary/aromatic N) is 1. The van der Waals surface area contributed by atoms with E-state index in [2.05, 4.69) is 0 Å². The molecule has 0 amide bonds. The Labute approximate surface area is 131 Å². The van der Waals surface area contributed by atoms with Crippen LogP contribution in [0.2, 0.25) is 10.0 Å². The summed E-state index contributed by atoms with van der Waals surface area (Å²) in [6.07, 6.45) is 0. The van der Waals surface area contributed by atoms with E-state index in [1.807, 2.05) is 17.5 Å². The van der Waals surface area contributed by atoms with Gasteiger partial charge < -0.3 is 5.73 Å². The third-order valence-electron chi connectivity index (χ3n) is 2.74. The van der Waals surface area contributed by atoms with Gasteiger partial charge in [0.05, 0.1) is 15.7 Å². The molecule has 0 saturated heterocycles. The van der Waals surface area contributed by atoms with Gasteiger partial charge in [-0.2, -0.15) is 4.31 Å². The van der Waals surface area contributed by atoms with Gasteiger partial charge in [-0.1, -0.05) is 29.3 Å². The lowest BCUT2D eigenvalue weighted by molar-refractivity contribution is 0.470. The topological polar surface area (TPSA) is 63.4 Å². The van der Waals surface area contributed by atoms with Crippen LogP contribution in [-0.2, 0) is 16.6 Å². The van der Waals surface area contributed by atoms with Gasteiger partial charge in [0.1, 0.15) is 4.90 Å². The van der Waals surface area contributed by atoms with E-state index in [9.17, 15) is 8.42 Å². The third-order valence-corrected chi connectivity index (χ3v) is 6.29. The largest absolute Gasteiger partial charge is 0.396 e. The molecule has 0 aliphatic rings. The van der Waals surface area contributed by atoms with Crippen molar-refractivity contribution in [2.24, 2.45) is 0 Å². The maximum absolute atomic E-state index is 12.5. The van der Waals surface area contributed by atoms with E-state index in [1.54, 1.807) is 0 Å². The highest BCUT2D eigenvalue weighted by molar-refractivity contribution is 7.89. The van der Waals surface area contributed by atoms with Crippen molar-refractivity contribution in [2.45, 2.75) is 11.4 Å². The van der Waals surface area contributed by atoms with Gasteiger partial charge in [-0.15, -0.1) is 11.3 Å². The second-order valence-electron chi connectivity index (χ2n) is 4.11. The van der Waals surface area contributed by atoms with Gasteiger partial charge >= 0.3 is 0 Å². The van der Waals surface area contributed by atoms with Crippen molar-refractivity contribution in [1.29, 1.82) is 0 Å². The van der Waals surface area contributed by atoms with Crippen molar-refractivity contribution in [3.05, 3.63) is 44.6 Å². The van der Waals surface area contributed by atoms with E-state index < -0.39 is 10.0 Å². The second kappa shape index (κ2) is 5.91. The molecule has 0 fully saturated rings. The Balaban J connectivity index is 2.37. The van der Waals surface area contributed by atoms with Crippen LogP contribution in [0.25, 0.3) is 0 Å². The molecule has 108 valence electrons. The Morgan fingerprint density at radius 1 is 1.30 bits per heavy atom. The molecule has 8 heteroatoms. The van der Waals surface area contributed by atoms with Crippen molar-refractivity contribution >= 4 is 50.2 Å². The van der Waals surface area contributed by atoms with E-state index in [1.165, 1.54) is 34.8 Å². The fourth-order valence-corrected chi connectivity index (χ4v) is 4.35. The van der Waals surface area contributed by atoms with Crippen molar-refractivity contribution in [1.82, 2.24) is 4.31 Å². The van der Waals surface area contributed by atoms with Crippen LogP contribution in [0.15, 0.2) is 34.5 Å². The first-order valence-electron chi connectivity index (χ1n) is 5.56. The van der Waals surface area contributed by atoms with Gasteiger partial charge in [-0.25, -0.2) is 8.42 Å². The standard InChI is InChI=1S/C12H12Cl2N2O2S2/c1-16(7-8-3-2-6-19-8)20(17,18)10-5-4-9(13)12(15)11(10)14/h2-6H,7,15H2,1H3. The minimum absolute atomic E-state index is 0.0416. The first kappa shape index (κ1) is 15.6. The zero-order valence-corrected chi connectivity index (χ0v) is 13.7. The Morgan fingerprint density at radius 3 is 2.60 bits per heavy atom. The maximum atomic E-state index is 12.5. The van der Waals surface area contributed by atoms with Gasteiger partial charge in [-0.05, 0) is 23.6 Å². The minimum atomic E-state index is -3.72. The number of sulfonamides is 1. The SMILES string of the molecule is CN(Cc1cccs1)S(=O)(=O)c1ccc(Cl)c(N)c1Cl. The van der Waals surface area contributed by atoms with E-state index in [-0.39, 0.29) is 27.2 Å². The van der Waals surface area contributed by atoms with E-state index >= 15 is 0 Å². The zero-order valence-electron chi connectivity index (χ0n) is 10.5. The average Bonchev–Trinajstić information content (AvgIpc) is 2.88. The van der Waals surface area contributed by atoms with Gasteiger partial charge in [0, 0.05) is 18.5 Å². The molecule has 0 radical (unpaired) electrons. The van der Waals surface area contributed by atoms with Crippen LogP contribution in [0.3, 0.4) is 0 Å². The lowest BCUT2D eigenvalue weighted by Gasteiger charge is -2.18. The van der Waals surface area contributed by atoms with Crippen LogP contribution < -0.4 is 5.73 Å². The Kier molecular flexibility index (Phi) is 4.61. The Hall–Kier alpha value is -0.790. The molecule has 4 nitrogen and oxygen atoms in total. The normalized spacial score (nSPS) is 12.0. The molecule has 1 aromatic heterocycles. The summed E-state index contributed by atoms with van der Waals surface area (Å²) in [5, 5.41) is 2.08. The predicted octanol–water partition coefficient (Wildman–Crippen LogP) is 3.46. The van der Waals surface area contributed by atoms with Crippen molar-refractivity contribution in [3.8, 4) is 0 Å². The smallest absolute Gasteiger partial charge is 0.244 e. The molecule has 1 aromatic carbocycles. The number of rotatable bonds is 4. The number of nitrogen functional groups attached to an aromatic ring is 1. The Morgan fingerprint density at radius 2 is 2.00 bits per heavy atom. The predicted molar refractivity (Wildman–Crippen MR) is 83.8 cm³/mol. The quantitative estimate of drug-likeness (QED) is 0.858. The van der Waals surface area contributed by atoms with E-state index in [4.69, 9.17) is 28.9 Å². The molecule has 2 rings (SSSR count). The lowest BCUT2D eigenvalue weighted by atomic mass is 10.3. The molecule has 20 heavy (non-hydrogen) atoms. The average molecular weight is 351 g/mol. The highest BCUT2D eigenvalue weighted by Gasteiger charge is 2.25. The number of halogens is 2. The molecule has 0 unspecified atom stereocenters. The first-order chi connectivity index (χ1) is 9.34. The first-order valence-corrected chi connectivity index (χ1v) is 8.64. The molecule has 0 spiro atoms. The van der Waals surface area contributed by atoms with Crippen LogP contribution in [0.5, 0.6) is 0 Å². The summed E-state index contributed by atoms with van der Waals surface area (Å²) >= 11 is 13.3. The van der Waals surface area contributed by atoms with Crippen LogP contribution in [0, 0.1) is 0 Å². The summed E-state index contributed by atoms with van der Waals surface area (Å²) in [6, 6.07) is 6.53.